The van der Waals surface area contributed by atoms with E-state index in [1.807, 2.05) is 83.1 Å². The van der Waals surface area contributed by atoms with Crippen molar-refractivity contribution in [2.45, 2.75) is 117 Å². The Morgan fingerprint density at radius 3 is 1.22 bits per heavy atom. The fraction of sp³-hybridized carbons (Fsp3) is 0.417. The van der Waals surface area contributed by atoms with Crippen LogP contribution in [0.4, 0.5) is 8.78 Å². The summed E-state index contributed by atoms with van der Waals surface area (Å²) in [5.74, 6) is -2.27. The van der Waals surface area contributed by atoms with Gasteiger partial charge in [-0.25, -0.2) is 18.4 Å². The summed E-state index contributed by atoms with van der Waals surface area (Å²) in [6, 6.07) is 16.9. The first-order chi connectivity index (χ1) is 31.5. The van der Waals surface area contributed by atoms with Gasteiger partial charge in [0.15, 0.2) is 29.4 Å². The number of halogens is 3. The summed E-state index contributed by atoms with van der Waals surface area (Å²) >= 11 is 3.21. The van der Waals surface area contributed by atoms with Crippen molar-refractivity contribution in [2.75, 3.05) is 14.2 Å². The number of esters is 2. The Morgan fingerprint density at radius 1 is 0.515 bits per heavy atom. The van der Waals surface area contributed by atoms with Crippen LogP contribution in [0.1, 0.15) is 125 Å². The monoisotopic (exact) mass is 1010 g/mol. The van der Waals surface area contributed by atoms with E-state index in [1.165, 1.54) is 50.6 Å². The molecule has 0 spiro atoms. The van der Waals surface area contributed by atoms with Gasteiger partial charge in [0.1, 0.15) is 17.8 Å². The van der Waals surface area contributed by atoms with Crippen LogP contribution in [-0.2, 0) is 37.4 Å². The highest BCUT2D eigenvalue weighted by atomic mass is 79.9. The van der Waals surface area contributed by atoms with E-state index >= 15 is 0 Å². The molecule has 0 unspecified atom stereocenters. The molecule has 362 valence electrons. The number of carbonyl (C=O) groups is 4. The highest BCUT2D eigenvalue weighted by Crippen LogP contribution is 2.43. The van der Waals surface area contributed by atoms with Crippen molar-refractivity contribution in [3.05, 3.63) is 111 Å². The zero-order valence-corrected chi connectivity index (χ0v) is 42.3. The predicted molar refractivity (Wildman–Crippen MR) is 255 cm³/mol. The molecule has 4 aromatic carbocycles. The normalized spacial score (nSPS) is 18.9. The van der Waals surface area contributed by atoms with Crippen molar-refractivity contribution < 1.29 is 74.8 Å². The van der Waals surface area contributed by atoms with E-state index in [9.17, 15) is 28.0 Å². The van der Waals surface area contributed by atoms with Crippen LogP contribution in [-0.4, -0.2) is 93.5 Å². The van der Waals surface area contributed by atoms with Crippen molar-refractivity contribution in [1.82, 2.24) is 0 Å². The molecule has 3 saturated heterocycles. The highest BCUT2D eigenvalue weighted by molar-refractivity contribution is 9.10. The summed E-state index contributed by atoms with van der Waals surface area (Å²) in [6.07, 6.45) is 1.33. The van der Waals surface area contributed by atoms with Gasteiger partial charge in [0.2, 0.25) is 0 Å². The van der Waals surface area contributed by atoms with Crippen LogP contribution >= 0.6 is 15.9 Å². The van der Waals surface area contributed by atoms with E-state index in [0.717, 1.165) is 12.1 Å². The first-order valence-corrected chi connectivity index (χ1v) is 22.3. The molecular weight excluding hydrogens is 951 g/mol. The number of rotatable bonds is 10. The molecule has 0 aliphatic carbocycles. The standard InChI is InChI=1S/C21H22BFO6.C15H10BrFO4.C12H24B2O4/c1-20(2)21(3,4)29-22(28-20)16-8-7-15(10-14(16)12-24)27-18-9-6-13(11-17(18)23)19(25)26-5;1-20-15(19)9-2-5-14(13(17)7-9)21-11-3-4-12(16)10(6-11)8-18;1-9(2)10(3,4)16-13(15-9)14-17-11(5,6)12(7,8)18-14/h6-12H,1-5H3;2-8H,1H3;1-8H3. The maximum atomic E-state index is 14.3. The largest absolute Gasteiger partial charge is 0.495 e. The first-order valence-electron chi connectivity index (χ1n) is 21.5. The van der Waals surface area contributed by atoms with Crippen molar-refractivity contribution >= 4 is 67.0 Å². The SMILES string of the molecule is CC1(C)OB(B2OC(C)(C)C(C)(C)O2)OC1(C)C.COC(=O)c1ccc(Oc2ccc(B3OC(C)(C)C(C)(C)O3)c(C=O)c2)c(F)c1.COC(=O)c1ccc(Oc2ccc(Br)c(C=O)c2)c(F)c1. The molecule has 0 amide bonds. The number of aldehydes is 2. The Balaban J connectivity index is 0.000000197. The summed E-state index contributed by atoms with van der Waals surface area (Å²) in [6.45, 7) is 23.9. The summed E-state index contributed by atoms with van der Waals surface area (Å²) < 4.78 is 84.6. The van der Waals surface area contributed by atoms with E-state index in [2.05, 4.69) is 25.4 Å². The second kappa shape index (κ2) is 20.6. The molecule has 4 aromatic rings. The van der Waals surface area contributed by atoms with Crippen molar-refractivity contribution in [2.24, 2.45) is 0 Å². The molecule has 3 fully saturated rings. The molecule has 0 bridgehead atoms. The number of ether oxygens (including phenoxy) is 4. The fourth-order valence-electron chi connectivity index (χ4n) is 6.49. The lowest BCUT2D eigenvalue weighted by molar-refractivity contribution is 0.00578. The minimum absolute atomic E-state index is 0.0539. The Kier molecular flexibility index (Phi) is 16.3. The Morgan fingerprint density at radius 2 is 0.868 bits per heavy atom. The Labute approximate surface area is 405 Å². The average molecular weight is 1010 g/mol. The van der Waals surface area contributed by atoms with Crippen molar-refractivity contribution in [1.29, 1.82) is 0 Å². The summed E-state index contributed by atoms with van der Waals surface area (Å²) in [7, 11) is 0.776. The van der Waals surface area contributed by atoms with Gasteiger partial charge in [-0.1, -0.05) is 22.0 Å². The van der Waals surface area contributed by atoms with Gasteiger partial charge < -0.3 is 46.9 Å². The highest BCUT2D eigenvalue weighted by Gasteiger charge is 2.63. The van der Waals surface area contributed by atoms with Crippen LogP contribution < -0.4 is 14.9 Å². The predicted octanol–water partition coefficient (Wildman–Crippen LogP) is 9.75. The molecule has 0 radical (unpaired) electrons. The molecule has 0 saturated carbocycles. The molecule has 3 heterocycles. The molecule has 14 nitrogen and oxygen atoms in total. The van der Waals surface area contributed by atoms with E-state index in [4.69, 9.17) is 37.4 Å². The minimum atomic E-state index is -0.726. The number of hydrogen-bond donors (Lipinski definition) is 0. The van der Waals surface area contributed by atoms with Gasteiger partial charge >= 0.3 is 33.1 Å². The van der Waals surface area contributed by atoms with E-state index in [0.29, 0.717) is 39.4 Å². The van der Waals surface area contributed by atoms with Crippen molar-refractivity contribution in [3.63, 3.8) is 0 Å². The van der Waals surface area contributed by atoms with Gasteiger partial charge in [-0.2, -0.15) is 0 Å². The molecular formula is C48H56B3BrF2O14. The molecule has 0 aromatic heterocycles. The van der Waals surface area contributed by atoms with E-state index < -0.39 is 55.9 Å². The second-order valence-electron chi connectivity index (χ2n) is 19.0. The zero-order valence-electron chi connectivity index (χ0n) is 40.7. The van der Waals surface area contributed by atoms with Crippen LogP contribution in [0.3, 0.4) is 0 Å². The third-order valence-corrected chi connectivity index (χ3v) is 13.4. The maximum Gasteiger partial charge on any atom is 0.495 e. The third-order valence-electron chi connectivity index (χ3n) is 12.7. The zero-order chi connectivity index (χ0) is 50.8. The third kappa shape index (κ3) is 11.9. The topological polar surface area (TPSA) is 161 Å². The van der Waals surface area contributed by atoms with Crippen molar-refractivity contribution in [3.8, 4) is 23.0 Å². The van der Waals surface area contributed by atoms with Gasteiger partial charge in [-0.05, 0) is 155 Å². The van der Waals surface area contributed by atoms with E-state index in [1.54, 1.807) is 24.3 Å². The fourth-order valence-corrected chi connectivity index (χ4v) is 6.83. The van der Waals surface area contributed by atoms with Crippen LogP contribution in [0.15, 0.2) is 77.3 Å². The number of benzene rings is 4. The molecule has 0 N–H and O–H groups in total. The Bertz CT molecular complexity index is 2450. The Hall–Kier alpha value is -4.95. The minimum Gasteiger partial charge on any atom is -0.465 e. The molecule has 20 heteroatoms. The van der Waals surface area contributed by atoms with E-state index in [-0.39, 0.29) is 50.8 Å². The lowest BCUT2D eigenvalue weighted by Gasteiger charge is -2.32. The lowest BCUT2D eigenvalue weighted by atomic mass is 9.49. The molecule has 7 rings (SSSR count). The summed E-state index contributed by atoms with van der Waals surface area (Å²) in [5.41, 5.74) is -1.10. The smallest absolute Gasteiger partial charge is 0.465 e. The lowest BCUT2D eigenvalue weighted by Crippen LogP contribution is -2.41. The van der Waals surface area contributed by atoms with Gasteiger partial charge in [0.25, 0.3) is 0 Å². The maximum absolute atomic E-state index is 14.3. The second-order valence-corrected chi connectivity index (χ2v) is 19.9. The van der Waals surface area contributed by atoms with Crippen LogP contribution in [0.5, 0.6) is 23.0 Å². The van der Waals surface area contributed by atoms with Gasteiger partial charge in [-0.3, -0.25) is 9.59 Å². The quantitative estimate of drug-likeness (QED) is 0.0839. The summed E-state index contributed by atoms with van der Waals surface area (Å²) in [5, 5.41) is 0. The molecule has 0 atom stereocenters. The summed E-state index contributed by atoms with van der Waals surface area (Å²) in [4.78, 5) is 45.2. The first kappa shape index (κ1) is 54.0. The van der Waals surface area contributed by atoms with Crippen LogP contribution in [0.25, 0.3) is 0 Å². The molecule has 3 aliphatic rings. The molecule has 3 aliphatic heterocycles. The number of methoxy groups -OCH3 is 2. The molecule has 68 heavy (non-hydrogen) atoms. The number of hydrogen-bond acceptors (Lipinski definition) is 14. The van der Waals surface area contributed by atoms with Gasteiger partial charge in [0, 0.05) is 15.6 Å². The number of carbonyl (C=O) groups excluding carboxylic acids is 4. The van der Waals surface area contributed by atoms with Crippen LogP contribution in [0.2, 0.25) is 0 Å². The van der Waals surface area contributed by atoms with Gasteiger partial charge in [-0.15, -0.1) is 0 Å². The average Bonchev–Trinajstić information content (AvgIpc) is 3.74. The van der Waals surface area contributed by atoms with Crippen LogP contribution in [0, 0.1) is 11.6 Å². The van der Waals surface area contributed by atoms with Gasteiger partial charge in [0.05, 0.1) is 59.0 Å².